The quantitative estimate of drug-likeness (QED) is 0.714. The van der Waals surface area contributed by atoms with Crippen LogP contribution in [-0.2, 0) is 10.5 Å². The van der Waals surface area contributed by atoms with E-state index in [1.165, 1.54) is 0 Å². The molecule has 0 bridgehead atoms. The number of nitrogens with zero attached hydrogens (tertiary/aromatic N) is 2. The van der Waals surface area contributed by atoms with Gasteiger partial charge in [0, 0.05) is 46.8 Å². The topological polar surface area (TPSA) is 54.5 Å². The van der Waals surface area contributed by atoms with Crippen LogP contribution in [-0.4, -0.2) is 54.2 Å². The fraction of sp³-hybridized carbons (Fsp3) is 0.500. The second-order valence-electron chi connectivity index (χ2n) is 7.27. The minimum absolute atomic E-state index is 0.0250. The molecule has 1 N–H and O–H groups in total. The Morgan fingerprint density at radius 3 is 2.63 bits per heavy atom. The Balaban J connectivity index is 1.49. The smallest absolute Gasteiger partial charge is 0.251 e. The van der Waals surface area contributed by atoms with Crippen molar-refractivity contribution >= 4 is 29.0 Å². The highest BCUT2D eigenvalue weighted by Gasteiger charge is 2.28. The molecular weight excluding hydrogens is 378 g/mol. The van der Waals surface area contributed by atoms with E-state index < -0.39 is 0 Å². The maximum atomic E-state index is 12.5. The van der Waals surface area contributed by atoms with Gasteiger partial charge in [0.1, 0.15) is 0 Å². The fourth-order valence-electron chi connectivity index (χ4n) is 3.01. The third kappa shape index (κ3) is 5.78. The summed E-state index contributed by atoms with van der Waals surface area (Å²) in [4.78, 5) is 20.5. The lowest BCUT2D eigenvalue weighted by atomic mass is 10.0. The van der Waals surface area contributed by atoms with Gasteiger partial charge >= 0.3 is 0 Å². The average Bonchev–Trinajstić information content (AvgIpc) is 3.11. The zero-order valence-corrected chi connectivity index (χ0v) is 17.8. The van der Waals surface area contributed by atoms with Crippen LogP contribution in [0.2, 0.25) is 0 Å². The van der Waals surface area contributed by atoms with Gasteiger partial charge in [0.05, 0.1) is 23.9 Å². The van der Waals surface area contributed by atoms with Gasteiger partial charge in [0.25, 0.3) is 5.91 Å². The number of hydrogen-bond acceptors (Lipinski definition) is 6. The molecule has 1 aromatic heterocycles. The van der Waals surface area contributed by atoms with Gasteiger partial charge in [0.2, 0.25) is 0 Å². The van der Waals surface area contributed by atoms with Gasteiger partial charge in [-0.2, -0.15) is 0 Å². The second kappa shape index (κ2) is 9.19. The van der Waals surface area contributed by atoms with Crippen molar-refractivity contribution in [3.8, 4) is 0 Å². The Kier molecular flexibility index (Phi) is 6.92. The summed E-state index contributed by atoms with van der Waals surface area (Å²) < 4.78 is 5.42. The number of morpholine rings is 1. The number of carbonyl (C=O) groups excluding carboxylic acids is 1. The maximum Gasteiger partial charge on any atom is 0.251 e. The first-order valence-electron chi connectivity index (χ1n) is 9.19. The van der Waals surface area contributed by atoms with E-state index in [2.05, 4.69) is 34.4 Å². The number of amides is 1. The van der Waals surface area contributed by atoms with Gasteiger partial charge in [-0.3, -0.25) is 9.69 Å². The Morgan fingerprint density at radius 2 is 2.00 bits per heavy atom. The highest BCUT2D eigenvalue weighted by molar-refractivity contribution is 7.98. The van der Waals surface area contributed by atoms with Crippen molar-refractivity contribution in [1.29, 1.82) is 0 Å². The summed E-state index contributed by atoms with van der Waals surface area (Å²) in [5.41, 5.74) is 1.72. The number of benzene rings is 1. The second-order valence-corrected chi connectivity index (χ2v) is 9.38. The van der Waals surface area contributed by atoms with Gasteiger partial charge in [-0.25, -0.2) is 4.98 Å². The third-order valence-electron chi connectivity index (χ3n) is 4.72. The van der Waals surface area contributed by atoms with Crippen LogP contribution in [0.4, 0.5) is 0 Å². The van der Waals surface area contributed by atoms with Crippen LogP contribution in [0.15, 0.2) is 34.5 Å². The Bertz CT molecular complexity index is 753. The number of carbonyl (C=O) groups is 1. The molecule has 0 saturated carbocycles. The monoisotopic (exact) mass is 405 g/mol. The molecule has 0 radical (unpaired) electrons. The SMILES string of the molecule is Cc1nc(CSc2ccc(C(=O)NCC(C)(C)N3CCOCC3)cc2)cs1. The summed E-state index contributed by atoms with van der Waals surface area (Å²) in [5.74, 6) is 0.826. The lowest BCUT2D eigenvalue weighted by Crippen LogP contribution is -2.55. The number of aromatic nitrogens is 1. The molecule has 3 rings (SSSR count). The van der Waals surface area contributed by atoms with E-state index in [1.54, 1.807) is 23.1 Å². The molecule has 1 aliphatic heterocycles. The molecule has 5 nitrogen and oxygen atoms in total. The molecule has 1 aliphatic rings. The minimum atomic E-state index is -0.0824. The molecule has 1 saturated heterocycles. The molecule has 2 aromatic rings. The van der Waals surface area contributed by atoms with E-state index in [4.69, 9.17) is 4.74 Å². The molecule has 0 atom stereocenters. The zero-order valence-electron chi connectivity index (χ0n) is 16.2. The van der Waals surface area contributed by atoms with Crippen molar-refractivity contribution in [2.45, 2.75) is 37.0 Å². The Labute approximate surface area is 169 Å². The summed E-state index contributed by atoms with van der Waals surface area (Å²) in [6, 6.07) is 7.80. The number of hydrogen-bond donors (Lipinski definition) is 1. The van der Waals surface area contributed by atoms with Crippen LogP contribution in [0, 0.1) is 6.92 Å². The van der Waals surface area contributed by atoms with Crippen LogP contribution >= 0.6 is 23.1 Å². The predicted molar refractivity (Wildman–Crippen MR) is 112 cm³/mol. The first kappa shape index (κ1) is 20.3. The number of ether oxygens (including phenoxy) is 1. The highest BCUT2D eigenvalue weighted by Crippen LogP contribution is 2.24. The normalized spacial score (nSPS) is 15.7. The first-order valence-corrected chi connectivity index (χ1v) is 11.1. The van der Waals surface area contributed by atoms with Crippen LogP contribution in [0.3, 0.4) is 0 Å². The lowest BCUT2D eigenvalue weighted by Gasteiger charge is -2.40. The molecule has 0 spiro atoms. The zero-order chi connectivity index (χ0) is 19.3. The molecular formula is C20H27N3O2S2. The highest BCUT2D eigenvalue weighted by atomic mass is 32.2. The van der Waals surface area contributed by atoms with Crippen molar-refractivity contribution in [2.75, 3.05) is 32.8 Å². The van der Waals surface area contributed by atoms with Crippen molar-refractivity contribution in [3.05, 3.63) is 45.9 Å². The molecule has 0 aliphatic carbocycles. The van der Waals surface area contributed by atoms with E-state index in [9.17, 15) is 4.79 Å². The number of rotatable bonds is 7. The summed E-state index contributed by atoms with van der Waals surface area (Å²) in [5, 5.41) is 6.27. The number of aryl methyl sites for hydroxylation is 1. The van der Waals surface area contributed by atoms with Gasteiger partial charge in [-0.15, -0.1) is 23.1 Å². The summed E-state index contributed by atoms with van der Waals surface area (Å²) in [7, 11) is 0. The van der Waals surface area contributed by atoms with Gasteiger partial charge in [-0.05, 0) is 45.0 Å². The summed E-state index contributed by atoms with van der Waals surface area (Å²) >= 11 is 3.41. The first-order chi connectivity index (χ1) is 12.9. The fourth-order valence-corrected chi connectivity index (χ4v) is 4.52. The maximum absolute atomic E-state index is 12.5. The van der Waals surface area contributed by atoms with E-state index in [0.717, 1.165) is 47.7 Å². The van der Waals surface area contributed by atoms with Gasteiger partial charge in [0.15, 0.2) is 0 Å². The van der Waals surface area contributed by atoms with Crippen molar-refractivity contribution in [1.82, 2.24) is 15.2 Å². The van der Waals surface area contributed by atoms with Gasteiger partial charge < -0.3 is 10.1 Å². The summed E-state index contributed by atoms with van der Waals surface area (Å²) in [6.07, 6.45) is 0. The van der Waals surface area contributed by atoms with Crippen LogP contribution < -0.4 is 5.32 Å². The molecule has 146 valence electrons. The van der Waals surface area contributed by atoms with Crippen LogP contribution in [0.1, 0.15) is 34.9 Å². The lowest BCUT2D eigenvalue weighted by molar-refractivity contribution is -0.00923. The molecule has 7 heteroatoms. The van der Waals surface area contributed by atoms with Gasteiger partial charge in [-0.1, -0.05) is 0 Å². The molecule has 1 fully saturated rings. The number of thioether (sulfide) groups is 1. The van der Waals surface area contributed by atoms with Crippen molar-refractivity contribution in [3.63, 3.8) is 0 Å². The standard InChI is InChI=1S/C20H27N3O2S2/c1-15-22-17(12-26-15)13-27-18-6-4-16(5-7-18)19(24)21-14-20(2,3)23-8-10-25-11-9-23/h4-7,12H,8-11,13-14H2,1-3H3,(H,21,24). The third-order valence-corrected chi connectivity index (χ3v) is 6.59. The minimum Gasteiger partial charge on any atom is -0.379 e. The van der Waals surface area contributed by atoms with E-state index >= 15 is 0 Å². The molecule has 0 unspecified atom stereocenters. The predicted octanol–water partition coefficient (Wildman–Crippen LogP) is 3.58. The van der Waals surface area contributed by atoms with Crippen molar-refractivity contribution < 1.29 is 9.53 Å². The van der Waals surface area contributed by atoms with Crippen molar-refractivity contribution in [2.24, 2.45) is 0 Å². The van der Waals surface area contributed by atoms with Crippen LogP contribution in [0.25, 0.3) is 0 Å². The summed E-state index contributed by atoms with van der Waals surface area (Å²) in [6.45, 7) is 10.3. The number of nitrogens with one attached hydrogen (secondary N) is 1. The molecule has 1 aromatic carbocycles. The van der Waals surface area contributed by atoms with E-state index in [1.807, 2.05) is 31.2 Å². The number of thiazole rings is 1. The van der Waals surface area contributed by atoms with Crippen LogP contribution in [0.5, 0.6) is 0 Å². The Morgan fingerprint density at radius 1 is 1.30 bits per heavy atom. The Hall–Kier alpha value is -1.41. The largest absolute Gasteiger partial charge is 0.379 e. The van der Waals surface area contributed by atoms with E-state index in [-0.39, 0.29) is 11.4 Å². The molecule has 1 amide bonds. The van der Waals surface area contributed by atoms with E-state index in [0.29, 0.717) is 12.1 Å². The molecule has 27 heavy (non-hydrogen) atoms. The average molecular weight is 406 g/mol. The molecule has 2 heterocycles.